The van der Waals surface area contributed by atoms with Crippen LogP contribution in [0.15, 0.2) is 41.1 Å². The molecule has 120 valence electrons. The number of carbonyl (C=O) groups is 1. The summed E-state index contributed by atoms with van der Waals surface area (Å²) in [6, 6.07) is 10.0. The van der Waals surface area contributed by atoms with Crippen LogP contribution in [0.5, 0.6) is 0 Å². The zero-order valence-electron chi connectivity index (χ0n) is 13.1. The van der Waals surface area contributed by atoms with Crippen molar-refractivity contribution in [1.82, 2.24) is 4.90 Å². The third-order valence-corrected chi connectivity index (χ3v) is 5.37. The van der Waals surface area contributed by atoms with Gasteiger partial charge in [-0.15, -0.1) is 0 Å². The number of hydrogen-bond acceptors (Lipinski definition) is 3. The van der Waals surface area contributed by atoms with Crippen molar-refractivity contribution in [3.63, 3.8) is 0 Å². The van der Waals surface area contributed by atoms with E-state index < -0.39 is 0 Å². The molecule has 0 bridgehead atoms. The van der Waals surface area contributed by atoms with Gasteiger partial charge in [-0.3, -0.25) is 4.79 Å². The summed E-state index contributed by atoms with van der Waals surface area (Å²) in [4.78, 5) is 14.5. The van der Waals surface area contributed by atoms with Gasteiger partial charge >= 0.3 is 0 Å². The average molecular weight is 327 g/mol. The molecule has 2 aromatic rings. The lowest BCUT2D eigenvalue weighted by molar-refractivity contribution is 0.0480. The third-order valence-electron chi connectivity index (χ3n) is 4.68. The van der Waals surface area contributed by atoms with E-state index in [2.05, 4.69) is 16.8 Å². The van der Waals surface area contributed by atoms with Gasteiger partial charge in [0.15, 0.2) is 0 Å². The normalized spacial score (nSPS) is 20.9. The van der Waals surface area contributed by atoms with Gasteiger partial charge in [-0.1, -0.05) is 12.1 Å². The first-order valence-electron chi connectivity index (χ1n) is 8.33. The van der Waals surface area contributed by atoms with Gasteiger partial charge in [0.05, 0.1) is 6.10 Å². The van der Waals surface area contributed by atoms with Crippen LogP contribution < -0.4 is 0 Å². The molecular weight excluding hydrogens is 306 g/mol. The van der Waals surface area contributed by atoms with Crippen molar-refractivity contribution in [3.05, 3.63) is 46.7 Å². The molecule has 2 fully saturated rings. The van der Waals surface area contributed by atoms with E-state index in [9.17, 15) is 4.79 Å². The number of amides is 1. The second kappa shape index (κ2) is 6.46. The van der Waals surface area contributed by atoms with Crippen molar-refractivity contribution in [2.45, 2.75) is 25.4 Å². The van der Waals surface area contributed by atoms with Crippen molar-refractivity contribution in [1.29, 1.82) is 0 Å². The van der Waals surface area contributed by atoms with E-state index in [1.165, 1.54) is 18.4 Å². The Morgan fingerprint density at radius 2 is 1.96 bits per heavy atom. The molecule has 3 nitrogen and oxygen atoms in total. The molecule has 1 atom stereocenters. The van der Waals surface area contributed by atoms with E-state index in [1.54, 1.807) is 11.3 Å². The summed E-state index contributed by atoms with van der Waals surface area (Å²) in [5, 5.41) is 4.19. The van der Waals surface area contributed by atoms with Gasteiger partial charge in [0.25, 0.3) is 5.91 Å². The van der Waals surface area contributed by atoms with Crippen LogP contribution in [0, 0.1) is 5.92 Å². The molecule has 1 aromatic heterocycles. The average Bonchev–Trinajstić information content (AvgIpc) is 3.07. The first-order chi connectivity index (χ1) is 11.3. The van der Waals surface area contributed by atoms with E-state index in [1.807, 2.05) is 29.2 Å². The van der Waals surface area contributed by atoms with Crippen LogP contribution in [-0.4, -0.2) is 36.6 Å². The quantitative estimate of drug-likeness (QED) is 0.829. The predicted octanol–water partition coefficient (Wildman–Crippen LogP) is 4.06. The summed E-state index contributed by atoms with van der Waals surface area (Å²) in [7, 11) is 0. The number of nitrogens with zero attached hydrogens (tertiary/aromatic N) is 1. The highest BCUT2D eigenvalue weighted by atomic mass is 32.1. The first kappa shape index (κ1) is 14.9. The van der Waals surface area contributed by atoms with E-state index in [-0.39, 0.29) is 12.0 Å². The standard InChI is InChI=1S/C19H21NO2S/c21-19(20-9-7-18(11-20)22-12-14-1-2-14)16-5-3-15(4-6-16)17-8-10-23-13-17/h3-6,8,10,13-14,18H,1-2,7,9,11-12H2. The Labute approximate surface area is 140 Å². The van der Waals surface area contributed by atoms with Crippen LogP contribution in [-0.2, 0) is 4.74 Å². The molecule has 1 saturated carbocycles. The molecule has 1 amide bonds. The Balaban J connectivity index is 1.36. The zero-order valence-corrected chi connectivity index (χ0v) is 13.9. The highest BCUT2D eigenvalue weighted by Gasteiger charge is 2.29. The van der Waals surface area contributed by atoms with Gasteiger partial charge in [0.1, 0.15) is 0 Å². The first-order valence-corrected chi connectivity index (χ1v) is 9.27. The van der Waals surface area contributed by atoms with Crippen LogP contribution >= 0.6 is 11.3 Å². The molecule has 2 aliphatic rings. The molecule has 0 radical (unpaired) electrons. The molecular formula is C19H21NO2S. The van der Waals surface area contributed by atoms with Crippen molar-refractivity contribution in [2.24, 2.45) is 5.92 Å². The number of rotatable bonds is 5. The van der Waals surface area contributed by atoms with Crippen molar-refractivity contribution >= 4 is 17.2 Å². The Morgan fingerprint density at radius 1 is 1.13 bits per heavy atom. The van der Waals surface area contributed by atoms with Crippen LogP contribution in [0.2, 0.25) is 0 Å². The number of likely N-dealkylation sites (tertiary alicyclic amines) is 1. The highest BCUT2D eigenvalue weighted by Crippen LogP contribution is 2.30. The molecule has 1 aliphatic heterocycles. The fraction of sp³-hybridized carbons (Fsp3) is 0.421. The lowest BCUT2D eigenvalue weighted by Crippen LogP contribution is -2.30. The summed E-state index contributed by atoms with van der Waals surface area (Å²) >= 11 is 1.69. The molecule has 23 heavy (non-hydrogen) atoms. The van der Waals surface area contributed by atoms with E-state index in [4.69, 9.17) is 4.74 Å². The van der Waals surface area contributed by atoms with Crippen molar-refractivity contribution < 1.29 is 9.53 Å². The van der Waals surface area contributed by atoms with Crippen LogP contribution in [0.3, 0.4) is 0 Å². The van der Waals surface area contributed by atoms with Crippen LogP contribution in [0.1, 0.15) is 29.6 Å². The van der Waals surface area contributed by atoms with Gasteiger partial charge in [0, 0.05) is 25.3 Å². The van der Waals surface area contributed by atoms with Gasteiger partial charge in [-0.05, 0) is 65.3 Å². The van der Waals surface area contributed by atoms with Gasteiger partial charge in [0.2, 0.25) is 0 Å². The summed E-state index contributed by atoms with van der Waals surface area (Å²) < 4.78 is 5.92. The smallest absolute Gasteiger partial charge is 0.253 e. The predicted molar refractivity (Wildman–Crippen MR) is 92.7 cm³/mol. The summed E-state index contributed by atoms with van der Waals surface area (Å²) in [5.41, 5.74) is 3.14. The molecule has 0 spiro atoms. The van der Waals surface area contributed by atoms with E-state index in [0.29, 0.717) is 0 Å². The fourth-order valence-corrected chi connectivity index (χ4v) is 3.69. The molecule has 1 aromatic carbocycles. The Kier molecular flexibility index (Phi) is 4.19. The van der Waals surface area contributed by atoms with Gasteiger partial charge in [-0.25, -0.2) is 0 Å². The number of ether oxygens (including phenoxy) is 1. The lowest BCUT2D eigenvalue weighted by Gasteiger charge is -2.17. The minimum atomic E-state index is 0.124. The number of benzene rings is 1. The van der Waals surface area contributed by atoms with Crippen LogP contribution in [0.25, 0.3) is 11.1 Å². The largest absolute Gasteiger partial charge is 0.376 e. The molecule has 4 rings (SSSR count). The lowest BCUT2D eigenvalue weighted by atomic mass is 10.1. The minimum Gasteiger partial charge on any atom is -0.376 e. The zero-order chi connectivity index (χ0) is 15.6. The second-order valence-corrected chi connectivity index (χ2v) is 7.31. The Morgan fingerprint density at radius 3 is 2.65 bits per heavy atom. The highest BCUT2D eigenvalue weighted by molar-refractivity contribution is 7.08. The molecule has 2 heterocycles. The third kappa shape index (κ3) is 3.48. The summed E-state index contributed by atoms with van der Waals surface area (Å²) in [5.74, 6) is 0.906. The molecule has 1 aliphatic carbocycles. The summed E-state index contributed by atoms with van der Waals surface area (Å²) in [6.07, 6.45) is 3.81. The maximum Gasteiger partial charge on any atom is 0.253 e. The van der Waals surface area contributed by atoms with E-state index in [0.717, 1.165) is 43.2 Å². The minimum absolute atomic E-state index is 0.124. The fourth-order valence-electron chi connectivity index (χ4n) is 3.02. The number of hydrogen-bond donors (Lipinski definition) is 0. The van der Waals surface area contributed by atoms with E-state index >= 15 is 0 Å². The van der Waals surface area contributed by atoms with Crippen molar-refractivity contribution in [3.8, 4) is 11.1 Å². The molecule has 1 unspecified atom stereocenters. The monoisotopic (exact) mass is 327 g/mol. The Bertz CT molecular complexity index is 661. The van der Waals surface area contributed by atoms with Crippen LogP contribution in [0.4, 0.5) is 0 Å². The Hall–Kier alpha value is -1.65. The maximum absolute atomic E-state index is 12.6. The summed E-state index contributed by atoms with van der Waals surface area (Å²) in [6.45, 7) is 2.42. The van der Waals surface area contributed by atoms with Crippen molar-refractivity contribution in [2.75, 3.05) is 19.7 Å². The molecule has 1 saturated heterocycles. The maximum atomic E-state index is 12.6. The second-order valence-electron chi connectivity index (χ2n) is 6.53. The molecule has 0 N–H and O–H groups in total. The topological polar surface area (TPSA) is 29.5 Å². The molecule has 4 heteroatoms. The number of carbonyl (C=O) groups excluding carboxylic acids is 1. The van der Waals surface area contributed by atoms with Gasteiger partial charge < -0.3 is 9.64 Å². The number of thiophene rings is 1. The van der Waals surface area contributed by atoms with Gasteiger partial charge in [-0.2, -0.15) is 11.3 Å². The SMILES string of the molecule is O=C(c1ccc(-c2ccsc2)cc1)N1CCC(OCC2CC2)C1.